The third-order valence-electron chi connectivity index (χ3n) is 3.44. The Kier molecular flexibility index (Phi) is 3.23. The lowest BCUT2D eigenvalue weighted by atomic mass is 10.1. The van der Waals surface area contributed by atoms with Gasteiger partial charge in [-0.1, -0.05) is 23.8 Å². The van der Waals surface area contributed by atoms with E-state index in [9.17, 15) is 0 Å². The smallest absolute Gasteiger partial charge is 0.119 e. The maximum atomic E-state index is 5.20. The molecule has 2 nitrogen and oxygen atoms in total. The molecule has 1 aromatic heterocycles. The van der Waals surface area contributed by atoms with Crippen molar-refractivity contribution in [2.24, 2.45) is 0 Å². The van der Waals surface area contributed by atoms with E-state index in [1.54, 1.807) is 7.11 Å². The van der Waals surface area contributed by atoms with Crippen molar-refractivity contribution >= 4 is 0 Å². The molecule has 0 fully saturated rings. The summed E-state index contributed by atoms with van der Waals surface area (Å²) in [5, 5.41) is 0. The van der Waals surface area contributed by atoms with Crippen molar-refractivity contribution in [1.29, 1.82) is 0 Å². The number of hydrogen-bond donors (Lipinski definition) is 0. The molecule has 2 aromatic rings. The molecule has 2 heteroatoms. The van der Waals surface area contributed by atoms with E-state index in [1.807, 2.05) is 12.1 Å². The highest BCUT2D eigenvalue weighted by Crippen LogP contribution is 2.21. The molecule has 0 saturated carbocycles. The Bertz CT molecular complexity index is 617. The van der Waals surface area contributed by atoms with Gasteiger partial charge in [0, 0.05) is 24.0 Å². The van der Waals surface area contributed by atoms with Gasteiger partial charge < -0.3 is 9.30 Å². The minimum atomic E-state index is 0.889. The number of allylic oxidation sites excluding steroid dienone is 4. The van der Waals surface area contributed by atoms with E-state index in [4.69, 9.17) is 4.74 Å². The second kappa shape index (κ2) is 5.19. The zero-order valence-electron chi connectivity index (χ0n) is 11.0. The highest BCUT2D eigenvalue weighted by atomic mass is 16.5. The van der Waals surface area contributed by atoms with Crippen LogP contribution in [0.1, 0.15) is 12.1 Å². The lowest BCUT2D eigenvalue weighted by Crippen LogP contribution is -2.00. The third kappa shape index (κ3) is 2.48. The zero-order valence-corrected chi connectivity index (χ0v) is 11.0. The van der Waals surface area contributed by atoms with Crippen LogP contribution >= 0.6 is 0 Å². The molecular weight excluding hydrogens is 234 g/mol. The second-order valence-corrected chi connectivity index (χ2v) is 4.70. The van der Waals surface area contributed by atoms with Gasteiger partial charge in [-0.25, -0.2) is 0 Å². The molecule has 19 heavy (non-hydrogen) atoms. The largest absolute Gasteiger partial charge is 0.497 e. The Morgan fingerprint density at radius 2 is 2.00 bits per heavy atom. The average Bonchev–Trinajstić information content (AvgIpc) is 3.11. The van der Waals surface area contributed by atoms with Crippen molar-refractivity contribution in [2.75, 3.05) is 7.11 Å². The van der Waals surface area contributed by atoms with E-state index in [2.05, 4.69) is 53.3 Å². The molecule has 1 aliphatic rings. The first kappa shape index (κ1) is 11.8. The van der Waals surface area contributed by atoms with Crippen LogP contribution < -0.4 is 4.74 Å². The molecule has 0 aliphatic heterocycles. The number of hydrogen-bond acceptors (Lipinski definition) is 1. The van der Waals surface area contributed by atoms with Crippen LogP contribution in [0.15, 0.2) is 66.4 Å². The molecule has 0 amide bonds. The summed E-state index contributed by atoms with van der Waals surface area (Å²) in [5.41, 5.74) is 3.96. The maximum Gasteiger partial charge on any atom is 0.119 e. The van der Waals surface area contributed by atoms with Gasteiger partial charge in [0.2, 0.25) is 0 Å². The van der Waals surface area contributed by atoms with E-state index in [-0.39, 0.29) is 0 Å². The van der Waals surface area contributed by atoms with Gasteiger partial charge in [-0.2, -0.15) is 0 Å². The quantitative estimate of drug-likeness (QED) is 0.803. The summed E-state index contributed by atoms with van der Waals surface area (Å²) < 4.78 is 7.43. The van der Waals surface area contributed by atoms with Crippen molar-refractivity contribution in [2.45, 2.75) is 12.8 Å². The lowest BCUT2D eigenvalue weighted by molar-refractivity contribution is 0.414. The molecule has 1 aliphatic carbocycles. The molecule has 0 saturated heterocycles. The van der Waals surface area contributed by atoms with E-state index < -0.39 is 0 Å². The van der Waals surface area contributed by atoms with Crippen LogP contribution in [-0.4, -0.2) is 11.7 Å². The van der Waals surface area contributed by atoms with Crippen molar-refractivity contribution in [3.05, 3.63) is 72.1 Å². The summed E-state index contributed by atoms with van der Waals surface area (Å²) in [7, 11) is 1.69. The highest BCUT2D eigenvalue weighted by molar-refractivity contribution is 5.40. The van der Waals surface area contributed by atoms with E-state index in [1.165, 1.54) is 17.0 Å². The molecule has 0 atom stereocenters. The normalized spacial score (nSPS) is 13.6. The monoisotopic (exact) mass is 251 g/mol. The summed E-state index contributed by atoms with van der Waals surface area (Å²) in [4.78, 5) is 0. The van der Waals surface area contributed by atoms with Crippen LogP contribution in [0.25, 0.3) is 5.69 Å². The number of rotatable bonds is 4. The average molecular weight is 251 g/mol. The number of ether oxygens (including phenoxy) is 1. The fourth-order valence-electron chi connectivity index (χ4n) is 2.41. The fourth-order valence-corrected chi connectivity index (χ4v) is 2.41. The van der Waals surface area contributed by atoms with Crippen molar-refractivity contribution in [3.8, 4) is 11.4 Å². The highest BCUT2D eigenvalue weighted by Gasteiger charge is 2.07. The fraction of sp³-hybridized carbons (Fsp3) is 0.176. The summed E-state index contributed by atoms with van der Waals surface area (Å²) in [6.07, 6.45) is 10.7. The van der Waals surface area contributed by atoms with Crippen LogP contribution in [0.3, 0.4) is 0 Å². The van der Waals surface area contributed by atoms with Crippen LogP contribution in [-0.2, 0) is 6.42 Å². The summed E-state index contributed by atoms with van der Waals surface area (Å²) >= 11 is 0. The van der Waals surface area contributed by atoms with Crippen molar-refractivity contribution in [3.63, 3.8) is 0 Å². The molecule has 0 radical (unpaired) electrons. The second-order valence-electron chi connectivity index (χ2n) is 4.70. The minimum absolute atomic E-state index is 0.889. The van der Waals surface area contributed by atoms with Gasteiger partial charge in [-0.3, -0.25) is 0 Å². The number of nitrogens with zero attached hydrogens (tertiary/aromatic N) is 1. The molecule has 96 valence electrons. The molecule has 0 unspecified atom stereocenters. The van der Waals surface area contributed by atoms with Crippen LogP contribution in [0.2, 0.25) is 0 Å². The van der Waals surface area contributed by atoms with Crippen molar-refractivity contribution in [1.82, 2.24) is 4.57 Å². The van der Waals surface area contributed by atoms with E-state index >= 15 is 0 Å². The molecule has 0 N–H and O–H groups in total. The molecule has 0 bridgehead atoms. The van der Waals surface area contributed by atoms with Crippen LogP contribution in [0, 0.1) is 0 Å². The molecule has 3 rings (SSSR count). The number of methoxy groups -OCH3 is 1. The van der Waals surface area contributed by atoms with Gasteiger partial charge in [0.25, 0.3) is 0 Å². The number of benzene rings is 1. The maximum absolute atomic E-state index is 5.20. The van der Waals surface area contributed by atoms with Gasteiger partial charge in [-0.15, -0.1) is 0 Å². The topological polar surface area (TPSA) is 14.2 Å². The Hall–Kier alpha value is -2.22. The zero-order chi connectivity index (χ0) is 13.1. The molecular formula is C17H17NO. The minimum Gasteiger partial charge on any atom is -0.497 e. The summed E-state index contributed by atoms with van der Waals surface area (Å²) in [5.74, 6) is 0.889. The predicted molar refractivity (Wildman–Crippen MR) is 77.9 cm³/mol. The number of aromatic nitrogens is 1. The first-order valence-electron chi connectivity index (χ1n) is 6.52. The third-order valence-corrected chi connectivity index (χ3v) is 3.44. The van der Waals surface area contributed by atoms with Gasteiger partial charge in [0.1, 0.15) is 5.75 Å². The summed E-state index contributed by atoms with van der Waals surface area (Å²) in [6.45, 7) is 0. The SMILES string of the molecule is COc1ccc(-n2cccc2CC2=CC=CC2)cc1. The molecule has 1 heterocycles. The van der Waals surface area contributed by atoms with E-state index in [0.29, 0.717) is 0 Å². The molecule has 0 spiro atoms. The van der Waals surface area contributed by atoms with Gasteiger partial charge in [0.15, 0.2) is 0 Å². The van der Waals surface area contributed by atoms with Gasteiger partial charge in [0.05, 0.1) is 7.11 Å². The van der Waals surface area contributed by atoms with Crippen LogP contribution in [0.4, 0.5) is 0 Å². The standard InChI is InChI=1S/C17H17NO/c1-19-17-10-8-15(9-11-17)18-12-4-7-16(18)13-14-5-2-3-6-14/h2-5,7-12H,6,13H2,1H3. The van der Waals surface area contributed by atoms with Crippen LogP contribution in [0.5, 0.6) is 5.75 Å². The summed E-state index contributed by atoms with van der Waals surface area (Å²) in [6, 6.07) is 12.4. The van der Waals surface area contributed by atoms with Gasteiger partial charge >= 0.3 is 0 Å². The van der Waals surface area contributed by atoms with Gasteiger partial charge in [-0.05, 0) is 42.8 Å². The Morgan fingerprint density at radius 1 is 1.16 bits per heavy atom. The predicted octanol–water partition coefficient (Wildman–Crippen LogP) is 3.91. The molecule has 1 aromatic carbocycles. The van der Waals surface area contributed by atoms with E-state index in [0.717, 1.165) is 18.6 Å². The Labute approximate surface area is 113 Å². The first-order valence-corrected chi connectivity index (χ1v) is 6.52. The van der Waals surface area contributed by atoms with Crippen molar-refractivity contribution < 1.29 is 4.74 Å². The Morgan fingerprint density at radius 3 is 2.68 bits per heavy atom. The first-order chi connectivity index (χ1) is 9.36. The lowest BCUT2D eigenvalue weighted by Gasteiger charge is -2.10. The Balaban J connectivity index is 1.86.